The summed E-state index contributed by atoms with van der Waals surface area (Å²) in [7, 11) is 0. The van der Waals surface area contributed by atoms with Crippen molar-refractivity contribution >= 4 is 0 Å². The molecule has 0 unspecified atom stereocenters. The maximum atomic E-state index is 8.56. The Morgan fingerprint density at radius 2 is 2.18 bits per heavy atom. The minimum atomic E-state index is 0.0788. The van der Waals surface area contributed by atoms with Crippen LogP contribution in [0.2, 0.25) is 0 Å². The van der Waals surface area contributed by atoms with E-state index in [1.165, 1.54) is 0 Å². The number of aliphatic hydroxyl groups is 1. The fourth-order valence-electron chi connectivity index (χ4n) is 1.52. The number of rotatable bonds is 4. The highest BCUT2D eigenvalue weighted by Gasteiger charge is 2.36. The lowest BCUT2D eigenvalue weighted by Crippen LogP contribution is -2.66. The molecule has 0 amide bonds. The quantitative estimate of drug-likeness (QED) is 0.595. The van der Waals surface area contributed by atoms with Gasteiger partial charge in [-0.25, -0.2) is 0 Å². The average Bonchev–Trinajstić information content (AvgIpc) is 1.96. The van der Waals surface area contributed by atoms with Gasteiger partial charge in [0.05, 0.1) is 0 Å². The van der Waals surface area contributed by atoms with E-state index in [1.807, 2.05) is 0 Å². The highest BCUT2D eigenvalue weighted by Crippen LogP contribution is 2.20. The highest BCUT2D eigenvalue weighted by atomic mass is 16.3. The maximum Gasteiger partial charge on any atom is 0.0443 e. The minimum Gasteiger partial charge on any atom is -0.396 e. The first kappa shape index (κ1) is 8.97. The standard InChI is InChI=1S/C8H18N2O/c1-2-8(9)6-10(7-8)4-3-5-11/h11H,2-7,9H2,1H3. The Kier molecular flexibility index (Phi) is 2.87. The largest absolute Gasteiger partial charge is 0.396 e. The predicted molar refractivity (Wildman–Crippen MR) is 45.4 cm³/mol. The molecule has 1 aliphatic rings. The monoisotopic (exact) mass is 158 g/mol. The van der Waals surface area contributed by atoms with Crippen molar-refractivity contribution < 1.29 is 5.11 Å². The van der Waals surface area contributed by atoms with Gasteiger partial charge in [-0.2, -0.15) is 0 Å². The molecule has 0 aliphatic carbocycles. The Morgan fingerprint density at radius 1 is 1.55 bits per heavy atom. The van der Waals surface area contributed by atoms with E-state index in [0.29, 0.717) is 6.61 Å². The third-order valence-electron chi connectivity index (χ3n) is 2.41. The fourth-order valence-corrected chi connectivity index (χ4v) is 1.52. The normalized spacial score (nSPS) is 23.2. The van der Waals surface area contributed by atoms with Crippen LogP contribution >= 0.6 is 0 Å². The number of aliphatic hydroxyl groups excluding tert-OH is 1. The van der Waals surface area contributed by atoms with Crippen LogP contribution in [-0.2, 0) is 0 Å². The molecule has 1 fully saturated rings. The minimum absolute atomic E-state index is 0.0788. The molecule has 0 saturated carbocycles. The van der Waals surface area contributed by atoms with E-state index in [1.54, 1.807) is 0 Å². The van der Waals surface area contributed by atoms with Gasteiger partial charge < -0.3 is 10.8 Å². The lowest BCUT2D eigenvalue weighted by Gasteiger charge is -2.47. The van der Waals surface area contributed by atoms with Crippen molar-refractivity contribution in [3.05, 3.63) is 0 Å². The van der Waals surface area contributed by atoms with Crippen LogP contribution in [0, 0.1) is 0 Å². The summed E-state index contributed by atoms with van der Waals surface area (Å²) in [5.74, 6) is 0. The Labute approximate surface area is 68.2 Å². The van der Waals surface area contributed by atoms with Crippen molar-refractivity contribution in [2.24, 2.45) is 5.73 Å². The molecule has 66 valence electrons. The zero-order valence-corrected chi connectivity index (χ0v) is 7.21. The number of hydrogen-bond donors (Lipinski definition) is 2. The second-order valence-corrected chi connectivity index (χ2v) is 3.50. The molecule has 0 radical (unpaired) electrons. The number of hydrogen-bond acceptors (Lipinski definition) is 3. The lowest BCUT2D eigenvalue weighted by molar-refractivity contribution is 0.0618. The number of likely N-dealkylation sites (tertiary alicyclic amines) is 1. The van der Waals surface area contributed by atoms with Crippen molar-refractivity contribution in [1.82, 2.24) is 4.90 Å². The van der Waals surface area contributed by atoms with Gasteiger partial charge in [0.15, 0.2) is 0 Å². The zero-order valence-electron chi connectivity index (χ0n) is 7.21. The molecule has 0 atom stereocenters. The summed E-state index contributed by atoms with van der Waals surface area (Å²) in [6.07, 6.45) is 1.93. The Hall–Kier alpha value is -0.120. The van der Waals surface area contributed by atoms with Crippen LogP contribution in [0.15, 0.2) is 0 Å². The van der Waals surface area contributed by atoms with E-state index in [0.717, 1.165) is 32.5 Å². The smallest absolute Gasteiger partial charge is 0.0443 e. The van der Waals surface area contributed by atoms with Crippen molar-refractivity contribution in [3.8, 4) is 0 Å². The van der Waals surface area contributed by atoms with Gasteiger partial charge in [0.2, 0.25) is 0 Å². The van der Waals surface area contributed by atoms with Gasteiger partial charge in [-0.05, 0) is 12.8 Å². The van der Waals surface area contributed by atoms with Crippen LogP contribution < -0.4 is 5.73 Å². The first-order valence-corrected chi connectivity index (χ1v) is 4.32. The summed E-state index contributed by atoms with van der Waals surface area (Å²) in [5, 5.41) is 8.56. The van der Waals surface area contributed by atoms with Gasteiger partial charge in [-0.1, -0.05) is 6.92 Å². The molecule has 1 saturated heterocycles. The summed E-state index contributed by atoms with van der Waals surface area (Å²) < 4.78 is 0. The Morgan fingerprint density at radius 3 is 2.64 bits per heavy atom. The molecule has 0 aromatic rings. The lowest BCUT2D eigenvalue weighted by atomic mass is 9.88. The van der Waals surface area contributed by atoms with E-state index in [-0.39, 0.29) is 5.54 Å². The van der Waals surface area contributed by atoms with Crippen molar-refractivity contribution in [2.75, 3.05) is 26.2 Å². The second-order valence-electron chi connectivity index (χ2n) is 3.50. The molecule has 1 aliphatic heterocycles. The predicted octanol–water partition coefficient (Wildman–Crippen LogP) is -0.208. The molecule has 3 N–H and O–H groups in total. The van der Waals surface area contributed by atoms with Crippen LogP contribution in [0.4, 0.5) is 0 Å². The summed E-state index contributed by atoms with van der Waals surface area (Å²) in [4.78, 5) is 2.29. The molecule has 0 aromatic carbocycles. The second kappa shape index (κ2) is 3.52. The van der Waals surface area contributed by atoms with Crippen LogP contribution in [-0.4, -0.2) is 41.8 Å². The van der Waals surface area contributed by atoms with Gasteiger partial charge in [0.25, 0.3) is 0 Å². The maximum absolute atomic E-state index is 8.56. The van der Waals surface area contributed by atoms with Crippen molar-refractivity contribution in [3.63, 3.8) is 0 Å². The third kappa shape index (κ3) is 2.15. The fraction of sp³-hybridized carbons (Fsp3) is 1.00. The molecule has 1 heterocycles. The van der Waals surface area contributed by atoms with E-state index in [9.17, 15) is 0 Å². The summed E-state index contributed by atoms with van der Waals surface area (Å²) in [6.45, 7) is 5.42. The third-order valence-corrected chi connectivity index (χ3v) is 2.41. The highest BCUT2D eigenvalue weighted by molar-refractivity contribution is 4.98. The first-order valence-electron chi connectivity index (χ1n) is 4.32. The Bertz CT molecular complexity index is 121. The van der Waals surface area contributed by atoms with Crippen LogP contribution in [0.1, 0.15) is 19.8 Å². The average molecular weight is 158 g/mol. The van der Waals surface area contributed by atoms with Gasteiger partial charge in [-0.15, -0.1) is 0 Å². The van der Waals surface area contributed by atoms with Crippen molar-refractivity contribution in [1.29, 1.82) is 0 Å². The molecule has 0 aromatic heterocycles. The van der Waals surface area contributed by atoms with E-state index < -0.39 is 0 Å². The van der Waals surface area contributed by atoms with Crippen LogP contribution in [0.25, 0.3) is 0 Å². The van der Waals surface area contributed by atoms with E-state index in [2.05, 4.69) is 11.8 Å². The van der Waals surface area contributed by atoms with Gasteiger partial charge >= 0.3 is 0 Å². The summed E-state index contributed by atoms with van der Waals surface area (Å²) >= 11 is 0. The summed E-state index contributed by atoms with van der Waals surface area (Å²) in [5.41, 5.74) is 6.04. The van der Waals surface area contributed by atoms with Gasteiger partial charge in [-0.3, -0.25) is 4.90 Å². The molecule has 1 rings (SSSR count). The number of nitrogens with two attached hydrogens (primary N) is 1. The molecular weight excluding hydrogens is 140 g/mol. The zero-order chi connectivity index (χ0) is 8.32. The van der Waals surface area contributed by atoms with Gasteiger partial charge in [0.1, 0.15) is 0 Å². The molecular formula is C8H18N2O. The molecule has 3 nitrogen and oxygen atoms in total. The first-order chi connectivity index (χ1) is 5.20. The number of nitrogens with zero attached hydrogens (tertiary/aromatic N) is 1. The Balaban J connectivity index is 2.08. The molecule has 0 bridgehead atoms. The molecule has 11 heavy (non-hydrogen) atoms. The van der Waals surface area contributed by atoms with Crippen LogP contribution in [0.3, 0.4) is 0 Å². The molecule has 0 spiro atoms. The van der Waals surface area contributed by atoms with Crippen molar-refractivity contribution in [2.45, 2.75) is 25.3 Å². The SMILES string of the molecule is CCC1(N)CN(CCCO)C1. The van der Waals surface area contributed by atoms with E-state index >= 15 is 0 Å². The topological polar surface area (TPSA) is 49.5 Å². The molecule has 3 heteroatoms. The summed E-state index contributed by atoms with van der Waals surface area (Å²) in [6, 6.07) is 0. The van der Waals surface area contributed by atoms with E-state index in [4.69, 9.17) is 10.8 Å². The van der Waals surface area contributed by atoms with Crippen LogP contribution in [0.5, 0.6) is 0 Å². The van der Waals surface area contributed by atoms with Gasteiger partial charge in [0, 0.05) is 31.8 Å².